The van der Waals surface area contributed by atoms with E-state index in [2.05, 4.69) is 44.4 Å². The minimum atomic E-state index is 0.157. The predicted molar refractivity (Wildman–Crippen MR) is 71.8 cm³/mol. The first-order chi connectivity index (χ1) is 8.08. The van der Waals surface area contributed by atoms with Gasteiger partial charge in [-0.1, -0.05) is 6.07 Å². The Morgan fingerprint density at radius 2 is 2.12 bits per heavy atom. The second-order valence-electron chi connectivity index (χ2n) is 5.48. The molecule has 0 amide bonds. The first-order valence-corrected chi connectivity index (χ1v) is 6.44. The average Bonchev–Trinajstić information content (AvgIpc) is 2.37. The number of methoxy groups -OCH3 is 1. The molecule has 2 heteroatoms. The molecule has 2 rings (SSSR count). The van der Waals surface area contributed by atoms with Gasteiger partial charge >= 0.3 is 0 Å². The van der Waals surface area contributed by atoms with Gasteiger partial charge in [-0.3, -0.25) is 0 Å². The van der Waals surface area contributed by atoms with Crippen LogP contribution in [0.4, 0.5) is 0 Å². The Balaban J connectivity index is 2.38. The van der Waals surface area contributed by atoms with E-state index in [0.717, 1.165) is 5.75 Å². The fraction of sp³-hybridized carbons (Fsp3) is 0.600. The van der Waals surface area contributed by atoms with Crippen molar-refractivity contribution in [2.75, 3.05) is 14.2 Å². The summed E-state index contributed by atoms with van der Waals surface area (Å²) >= 11 is 0. The Bertz CT molecular complexity index is 398. The molecule has 1 aliphatic rings. The maximum Gasteiger partial charge on any atom is 0.119 e. The highest BCUT2D eigenvalue weighted by atomic mass is 16.5. The normalized spacial score (nSPS) is 19.9. The first kappa shape index (κ1) is 12.4. The lowest BCUT2D eigenvalue weighted by molar-refractivity contribution is 0.312. The van der Waals surface area contributed by atoms with Crippen LogP contribution in [0.2, 0.25) is 0 Å². The zero-order valence-electron chi connectivity index (χ0n) is 11.3. The lowest BCUT2D eigenvalue weighted by Gasteiger charge is -2.38. The summed E-state index contributed by atoms with van der Waals surface area (Å²) in [6.45, 7) is 4.58. The van der Waals surface area contributed by atoms with Crippen molar-refractivity contribution < 1.29 is 4.74 Å². The van der Waals surface area contributed by atoms with Crippen LogP contribution in [0.5, 0.6) is 5.75 Å². The zero-order valence-corrected chi connectivity index (χ0v) is 11.3. The van der Waals surface area contributed by atoms with Crippen molar-refractivity contribution in [3.8, 4) is 5.75 Å². The maximum absolute atomic E-state index is 5.31. The second-order valence-corrected chi connectivity index (χ2v) is 5.48. The van der Waals surface area contributed by atoms with Crippen LogP contribution in [0.15, 0.2) is 18.2 Å². The number of aryl methyl sites for hydroxylation is 1. The van der Waals surface area contributed by atoms with Crippen LogP contribution in [0, 0.1) is 0 Å². The molecule has 0 fully saturated rings. The summed E-state index contributed by atoms with van der Waals surface area (Å²) in [7, 11) is 3.79. The lowest BCUT2D eigenvalue weighted by Crippen LogP contribution is -2.43. The van der Waals surface area contributed by atoms with Crippen molar-refractivity contribution in [1.82, 2.24) is 5.32 Å². The maximum atomic E-state index is 5.31. The summed E-state index contributed by atoms with van der Waals surface area (Å²) in [5.74, 6) is 1.58. The molecule has 0 saturated carbocycles. The number of rotatable bonds is 3. The molecular weight excluding hydrogens is 210 g/mol. The molecule has 0 aliphatic heterocycles. The molecule has 1 atom stereocenters. The highest BCUT2D eigenvalue weighted by molar-refractivity contribution is 5.40. The Labute approximate surface area is 104 Å². The summed E-state index contributed by atoms with van der Waals surface area (Å²) in [6, 6.07) is 6.53. The third kappa shape index (κ3) is 2.32. The molecule has 0 spiro atoms. The van der Waals surface area contributed by atoms with Crippen molar-refractivity contribution in [2.24, 2.45) is 0 Å². The summed E-state index contributed by atoms with van der Waals surface area (Å²) < 4.78 is 5.31. The van der Waals surface area contributed by atoms with Gasteiger partial charge in [-0.25, -0.2) is 0 Å². The highest BCUT2D eigenvalue weighted by Crippen LogP contribution is 2.39. The number of fused-ring (bicyclic) bond motifs is 1. The minimum absolute atomic E-state index is 0.157. The van der Waals surface area contributed by atoms with E-state index in [0.29, 0.717) is 5.92 Å². The lowest BCUT2D eigenvalue weighted by atomic mass is 9.73. The summed E-state index contributed by atoms with van der Waals surface area (Å²) in [5.41, 5.74) is 3.12. The van der Waals surface area contributed by atoms with Gasteiger partial charge in [-0.15, -0.1) is 0 Å². The number of hydrogen-bond acceptors (Lipinski definition) is 2. The van der Waals surface area contributed by atoms with E-state index in [-0.39, 0.29) is 5.54 Å². The van der Waals surface area contributed by atoms with Crippen LogP contribution in [0.3, 0.4) is 0 Å². The van der Waals surface area contributed by atoms with Gasteiger partial charge in [0.15, 0.2) is 0 Å². The number of hydrogen-bond donors (Lipinski definition) is 1. The van der Waals surface area contributed by atoms with E-state index in [4.69, 9.17) is 4.74 Å². The highest BCUT2D eigenvalue weighted by Gasteiger charge is 2.32. The standard InChI is InChI=1S/C15H23NO/c1-15(2,16-3)14-7-5-6-11-10-12(17-4)8-9-13(11)14/h8-10,14,16H,5-7H2,1-4H3. The summed E-state index contributed by atoms with van der Waals surface area (Å²) in [4.78, 5) is 0. The predicted octanol–water partition coefficient (Wildman–Crippen LogP) is 3.11. The molecule has 2 nitrogen and oxygen atoms in total. The van der Waals surface area contributed by atoms with E-state index in [1.807, 2.05) is 0 Å². The van der Waals surface area contributed by atoms with Gasteiger partial charge in [-0.2, -0.15) is 0 Å². The molecule has 1 N–H and O–H groups in total. The van der Waals surface area contributed by atoms with Crippen molar-refractivity contribution in [1.29, 1.82) is 0 Å². The fourth-order valence-corrected chi connectivity index (χ4v) is 2.84. The van der Waals surface area contributed by atoms with Crippen LogP contribution in [-0.2, 0) is 6.42 Å². The van der Waals surface area contributed by atoms with Crippen molar-refractivity contribution >= 4 is 0 Å². The molecule has 94 valence electrons. The topological polar surface area (TPSA) is 21.3 Å². The van der Waals surface area contributed by atoms with Gasteiger partial charge < -0.3 is 10.1 Å². The molecule has 1 aromatic carbocycles. The molecule has 0 saturated heterocycles. The van der Waals surface area contributed by atoms with Crippen molar-refractivity contribution in [3.05, 3.63) is 29.3 Å². The molecule has 0 heterocycles. The van der Waals surface area contributed by atoms with Crippen LogP contribution < -0.4 is 10.1 Å². The minimum Gasteiger partial charge on any atom is -0.497 e. The molecule has 0 bridgehead atoms. The number of likely N-dealkylation sites (N-methyl/N-ethyl adjacent to an activating group) is 1. The quantitative estimate of drug-likeness (QED) is 0.866. The van der Waals surface area contributed by atoms with E-state index in [1.165, 1.54) is 30.4 Å². The molecular formula is C15H23NO. The van der Waals surface area contributed by atoms with E-state index >= 15 is 0 Å². The van der Waals surface area contributed by atoms with E-state index < -0.39 is 0 Å². The van der Waals surface area contributed by atoms with Gasteiger partial charge in [-0.05, 0) is 63.4 Å². The molecule has 1 aromatic rings. The molecule has 1 aliphatic carbocycles. The van der Waals surface area contributed by atoms with Crippen molar-refractivity contribution in [2.45, 2.75) is 44.6 Å². The van der Waals surface area contributed by atoms with Crippen LogP contribution in [0.25, 0.3) is 0 Å². The summed E-state index contributed by atoms with van der Waals surface area (Å²) in [5, 5.41) is 3.45. The fourth-order valence-electron chi connectivity index (χ4n) is 2.84. The third-order valence-electron chi connectivity index (χ3n) is 4.18. The van der Waals surface area contributed by atoms with Gasteiger partial charge in [0.1, 0.15) is 5.75 Å². The SMILES string of the molecule is CNC(C)(C)C1CCCc2cc(OC)ccc21. The van der Waals surface area contributed by atoms with Gasteiger partial charge in [0.25, 0.3) is 0 Å². The van der Waals surface area contributed by atoms with Gasteiger partial charge in [0, 0.05) is 11.5 Å². The average molecular weight is 233 g/mol. The molecule has 0 aromatic heterocycles. The Morgan fingerprint density at radius 3 is 2.76 bits per heavy atom. The third-order valence-corrected chi connectivity index (χ3v) is 4.18. The molecule has 1 unspecified atom stereocenters. The number of ether oxygens (including phenoxy) is 1. The van der Waals surface area contributed by atoms with E-state index in [9.17, 15) is 0 Å². The second kappa shape index (κ2) is 4.69. The van der Waals surface area contributed by atoms with Gasteiger partial charge in [0.2, 0.25) is 0 Å². The van der Waals surface area contributed by atoms with Crippen LogP contribution in [-0.4, -0.2) is 19.7 Å². The van der Waals surface area contributed by atoms with Crippen LogP contribution >= 0.6 is 0 Å². The van der Waals surface area contributed by atoms with Crippen molar-refractivity contribution in [3.63, 3.8) is 0 Å². The largest absolute Gasteiger partial charge is 0.497 e. The first-order valence-electron chi connectivity index (χ1n) is 6.44. The van der Waals surface area contributed by atoms with Gasteiger partial charge in [0.05, 0.1) is 7.11 Å². The molecule has 17 heavy (non-hydrogen) atoms. The summed E-state index contributed by atoms with van der Waals surface area (Å²) in [6.07, 6.45) is 3.73. The monoisotopic (exact) mass is 233 g/mol. The smallest absolute Gasteiger partial charge is 0.119 e. The Hall–Kier alpha value is -1.02. The number of benzene rings is 1. The van der Waals surface area contributed by atoms with E-state index in [1.54, 1.807) is 7.11 Å². The number of nitrogens with one attached hydrogen (secondary N) is 1. The van der Waals surface area contributed by atoms with Crippen LogP contribution in [0.1, 0.15) is 43.7 Å². The molecule has 0 radical (unpaired) electrons. The zero-order chi connectivity index (χ0) is 12.5. The Morgan fingerprint density at radius 1 is 1.35 bits per heavy atom. The Kier molecular flexibility index (Phi) is 3.43.